The van der Waals surface area contributed by atoms with Gasteiger partial charge in [-0.2, -0.15) is 0 Å². The van der Waals surface area contributed by atoms with E-state index >= 15 is 0 Å². The minimum atomic E-state index is -0.207. The van der Waals surface area contributed by atoms with E-state index < -0.39 is 0 Å². The molecule has 0 saturated carbocycles. The molecule has 3 heteroatoms. The van der Waals surface area contributed by atoms with Crippen molar-refractivity contribution in [1.82, 2.24) is 5.32 Å². The Bertz CT molecular complexity index is 563. The molecule has 0 bridgehead atoms. The summed E-state index contributed by atoms with van der Waals surface area (Å²) in [4.78, 5) is 0. The molecule has 0 saturated heterocycles. The van der Waals surface area contributed by atoms with Gasteiger partial charge in [0.25, 0.3) is 0 Å². The number of hydrogen-bond donors (Lipinski definition) is 1. The highest BCUT2D eigenvalue weighted by Crippen LogP contribution is 2.26. The molecule has 20 heavy (non-hydrogen) atoms. The molecule has 0 aliphatic rings. The highest BCUT2D eigenvalue weighted by molar-refractivity contribution is 5.38. The lowest BCUT2D eigenvalue weighted by Gasteiger charge is -2.19. The van der Waals surface area contributed by atoms with E-state index in [0.29, 0.717) is 6.61 Å². The number of rotatable bonds is 5. The Balaban J connectivity index is 2.38. The van der Waals surface area contributed by atoms with Gasteiger partial charge in [-0.1, -0.05) is 18.2 Å². The first-order valence-electron chi connectivity index (χ1n) is 6.81. The highest BCUT2D eigenvalue weighted by Gasteiger charge is 2.14. The van der Waals surface area contributed by atoms with E-state index in [1.165, 1.54) is 6.07 Å². The van der Waals surface area contributed by atoms with Gasteiger partial charge in [-0.05, 0) is 61.9 Å². The Morgan fingerprint density at radius 2 is 1.95 bits per heavy atom. The van der Waals surface area contributed by atoms with Gasteiger partial charge < -0.3 is 10.1 Å². The van der Waals surface area contributed by atoms with Gasteiger partial charge in [-0.15, -0.1) is 0 Å². The third-order valence-corrected chi connectivity index (χ3v) is 3.19. The Morgan fingerprint density at radius 1 is 1.15 bits per heavy atom. The van der Waals surface area contributed by atoms with Crippen LogP contribution in [0.2, 0.25) is 0 Å². The summed E-state index contributed by atoms with van der Waals surface area (Å²) in [6.07, 6.45) is 0. The van der Waals surface area contributed by atoms with Crippen molar-refractivity contribution in [3.63, 3.8) is 0 Å². The second-order valence-electron chi connectivity index (χ2n) is 4.79. The van der Waals surface area contributed by atoms with E-state index in [1.54, 1.807) is 6.07 Å². The maximum absolute atomic E-state index is 13.6. The topological polar surface area (TPSA) is 21.3 Å². The minimum absolute atomic E-state index is 0.0511. The zero-order chi connectivity index (χ0) is 14.5. The fourth-order valence-electron chi connectivity index (χ4n) is 2.41. The summed E-state index contributed by atoms with van der Waals surface area (Å²) in [5, 5.41) is 3.24. The van der Waals surface area contributed by atoms with Gasteiger partial charge in [-0.25, -0.2) is 4.39 Å². The van der Waals surface area contributed by atoms with Crippen LogP contribution in [0.5, 0.6) is 5.75 Å². The van der Waals surface area contributed by atoms with Gasteiger partial charge in [0.05, 0.1) is 12.6 Å². The normalized spacial score (nSPS) is 12.2. The monoisotopic (exact) mass is 273 g/mol. The lowest BCUT2D eigenvalue weighted by molar-refractivity contribution is 0.339. The summed E-state index contributed by atoms with van der Waals surface area (Å²) >= 11 is 0. The fourth-order valence-corrected chi connectivity index (χ4v) is 2.41. The predicted octanol–water partition coefficient (Wildman–Crippen LogP) is 3.84. The standard InChI is InChI=1S/C17H20FNO/c1-4-20-16-7-5-6-13(11-16)17(19-3)14-8-12(2)9-15(18)10-14/h5-11,17,19H,4H2,1-3H3. The number of ether oxygens (including phenoxy) is 1. The lowest BCUT2D eigenvalue weighted by Crippen LogP contribution is -2.18. The van der Waals surface area contributed by atoms with E-state index in [9.17, 15) is 4.39 Å². The molecule has 1 N–H and O–H groups in total. The van der Waals surface area contributed by atoms with Crippen molar-refractivity contribution in [3.05, 3.63) is 65.0 Å². The van der Waals surface area contributed by atoms with Gasteiger partial charge in [0, 0.05) is 0 Å². The quantitative estimate of drug-likeness (QED) is 0.893. The molecule has 2 nitrogen and oxygen atoms in total. The number of benzene rings is 2. The van der Waals surface area contributed by atoms with Gasteiger partial charge in [-0.3, -0.25) is 0 Å². The Labute approximate surface area is 119 Å². The molecule has 2 rings (SSSR count). The fraction of sp³-hybridized carbons (Fsp3) is 0.294. The average molecular weight is 273 g/mol. The van der Waals surface area contributed by atoms with Crippen LogP contribution in [0.25, 0.3) is 0 Å². The van der Waals surface area contributed by atoms with Crippen LogP contribution in [0, 0.1) is 12.7 Å². The van der Waals surface area contributed by atoms with E-state index in [1.807, 2.05) is 51.2 Å². The van der Waals surface area contributed by atoms with Crippen molar-refractivity contribution < 1.29 is 9.13 Å². The highest BCUT2D eigenvalue weighted by atomic mass is 19.1. The largest absolute Gasteiger partial charge is 0.494 e. The van der Waals surface area contributed by atoms with E-state index in [-0.39, 0.29) is 11.9 Å². The summed E-state index contributed by atoms with van der Waals surface area (Å²) in [5.41, 5.74) is 2.89. The number of nitrogens with one attached hydrogen (secondary N) is 1. The zero-order valence-corrected chi connectivity index (χ0v) is 12.1. The van der Waals surface area contributed by atoms with Crippen LogP contribution in [-0.4, -0.2) is 13.7 Å². The summed E-state index contributed by atoms with van der Waals surface area (Å²) < 4.78 is 19.1. The van der Waals surface area contributed by atoms with Crippen LogP contribution in [0.4, 0.5) is 4.39 Å². The van der Waals surface area contributed by atoms with Gasteiger partial charge >= 0.3 is 0 Å². The van der Waals surface area contributed by atoms with E-state index in [2.05, 4.69) is 5.32 Å². The molecule has 0 radical (unpaired) electrons. The Hall–Kier alpha value is -1.87. The summed E-state index contributed by atoms with van der Waals surface area (Å²) in [6, 6.07) is 12.9. The van der Waals surface area contributed by atoms with Crippen LogP contribution in [0.3, 0.4) is 0 Å². The van der Waals surface area contributed by atoms with E-state index in [0.717, 1.165) is 22.4 Å². The maximum atomic E-state index is 13.6. The van der Waals surface area contributed by atoms with E-state index in [4.69, 9.17) is 4.74 Å². The van der Waals surface area contributed by atoms with Crippen molar-refractivity contribution in [1.29, 1.82) is 0 Å². The molecule has 1 atom stereocenters. The third-order valence-electron chi connectivity index (χ3n) is 3.19. The maximum Gasteiger partial charge on any atom is 0.123 e. The predicted molar refractivity (Wildman–Crippen MR) is 79.7 cm³/mol. The smallest absolute Gasteiger partial charge is 0.123 e. The van der Waals surface area contributed by atoms with Crippen molar-refractivity contribution in [2.75, 3.05) is 13.7 Å². The molecule has 0 aliphatic heterocycles. The number of aryl methyl sites for hydroxylation is 1. The van der Waals surface area contributed by atoms with Gasteiger partial charge in [0.15, 0.2) is 0 Å². The van der Waals surface area contributed by atoms with Crippen molar-refractivity contribution in [2.45, 2.75) is 19.9 Å². The van der Waals surface area contributed by atoms with Crippen molar-refractivity contribution >= 4 is 0 Å². The molecule has 0 heterocycles. The Morgan fingerprint density at radius 3 is 2.60 bits per heavy atom. The van der Waals surface area contributed by atoms with Crippen molar-refractivity contribution in [2.24, 2.45) is 0 Å². The van der Waals surface area contributed by atoms with Crippen LogP contribution < -0.4 is 10.1 Å². The summed E-state index contributed by atoms with van der Waals surface area (Å²) in [6.45, 7) is 4.49. The second-order valence-corrected chi connectivity index (χ2v) is 4.79. The van der Waals surface area contributed by atoms with Crippen LogP contribution in [0.1, 0.15) is 29.7 Å². The number of halogens is 1. The van der Waals surface area contributed by atoms with Crippen molar-refractivity contribution in [3.8, 4) is 5.75 Å². The van der Waals surface area contributed by atoms with Gasteiger partial charge in [0.2, 0.25) is 0 Å². The molecule has 2 aromatic carbocycles. The average Bonchev–Trinajstić information content (AvgIpc) is 2.39. The summed E-state index contributed by atoms with van der Waals surface area (Å²) in [7, 11) is 1.87. The molecule has 0 aromatic heterocycles. The molecule has 0 aliphatic carbocycles. The first-order valence-corrected chi connectivity index (χ1v) is 6.81. The number of hydrogen-bond acceptors (Lipinski definition) is 2. The molecule has 106 valence electrons. The van der Waals surface area contributed by atoms with Crippen LogP contribution in [-0.2, 0) is 0 Å². The first-order chi connectivity index (χ1) is 9.63. The lowest BCUT2D eigenvalue weighted by atomic mass is 9.97. The summed E-state index contributed by atoms with van der Waals surface area (Å²) in [5.74, 6) is 0.625. The second kappa shape index (κ2) is 6.53. The van der Waals surface area contributed by atoms with Crippen LogP contribution in [0.15, 0.2) is 42.5 Å². The SMILES string of the molecule is CCOc1cccc(C(NC)c2cc(C)cc(F)c2)c1. The third kappa shape index (κ3) is 3.36. The first kappa shape index (κ1) is 14.5. The molecular formula is C17H20FNO. The molecule has 1 unspecified atom stereocenters. The molecule has 0 spiro atoms. The Kier molecular flexibility index (Phi) is 4.74. The molecule has 0 amide bonds. The van der Waals surface area contributed by atoms with Crippen LogP contribution >= 0.6 is 0 Å². The van der Waals surface area contributed by atoms with Gasteiger partial charge in [0.1, 0.15) is 11.6 Å². The minimum Gasteiger partial charge on any atom is -0.494 e. The molecular weight excluding hydrogens is 253 g/mol. The molecule has 2 aromatic rings. The zero-order valence-electron chi connectivity index (χ0n) is 12.1. The molecule has 0 fully saturated rings.